The zero-order chi connectivity index (χ0) is 25.3. The third kappa shape index (κ3) is 4.69. The molecule has 0 N–H and O–H groups in total. The first kappa shape index (κ1) is 24.2. The molecule has 1 aliphatic heterocycles. The number of pyridine rings is 1. The van der Waals surface area contributed by atoms with Crippen LogP contribution in [0.2, 0.25) is 0 Å². The molecule has 0 saturated carbocycles. The normalized spacial score (nSPS) is 15.9. The van der Waals surface area contributed by atoms with Crippen LogP contribution in [-0.2, 0) is 23.7 Å². The van der Waals surface area contributed by atoms with E-state index in [0.29, 0.717) is 6.92 Å². The Morgan fingerprint density at radius 3 is 2.66 bits per heavy atom. The number of hydrogen-bond donors (Lipinski definition) is 0. The van der Waals surface area contributed by atoms with E-state index in [1.807, 2.05) is 6.07 Å². The molecule has 0 fully saturated rings. The molecule has 1 aromatic heterocycles. The van der Waals surface area contributed by atoms with Crippen molar-refractivity contribution in [3.05, 3.63) is 88.1 Å². The van der Waals surface area contributed by atoms with Gasteiger partial charge in [0.2, 0.25) is 11.8 Å². The molecule has 180 valence electrons. The molecule has 0 bridgehead atoms. The van der Waals surface area contributed by atoms with Gasteiger partial charge in [0.15, 0.2) is 0 Å². The van der Waals surface area contributed by atoms with Crippen LogP contribution in [0.1, 0.15) is 47.1 Å². The minimum Gasteiger partial charge on any atom is -0.481 e. The summed E-state index contributed by atoms with van der Waals surface area (Å²) in [5, 5.41) is 9.19. The molecule has 0 radical (unpaired) electrons. The van der Waals surface area contributed by atoms with Gasteiger partial charge in [-0.1, -0.05) is 6.07 Å². The monoisotopic (exact) mass is 483 g/mol. The molecule has 1 atom stereocenters. The summed E-state index contributed by atoms with van der Waals surface area (Å²) in [5.41, 5.74) is 0.551. The summed E-state index contributed by atoms with van der Waals surface area (Å²) < 4.78 is 62.8. The Hall–Kier alpha value is -3.93. The van der Waals surface area contributed by atoms with Crippen molar-refractivity contribution in [2.45, 2.75) is 38.2 Å². The number of amides is 1. The molecule has 0 unspecified atom stereocenters. The number of methoxy groups -OCH3 is 1. The van der Waals surface area contributed by atoms with Gasteiger partial charge in [-0.3, -0.25) is 4.79 Å². The Morgan fingerprint density at radius 1 is 1.20 bits per heavy atom. The van der Waals surface area contributed by atoms with Crippen molar-refractivity contribution in [3.63, 3.8) is 0 Å². The lowest BCUT2D eigenvalue weighted by Crippen LogP contribution is -2.34. The number of ether oxygens (including phenoxy) is 1. The molecule has 0 saturated heterocycles. The Bertz CT molecular complexity index is 1330. The van der Waals surface area contributed by atoms with Crippen molar-refractivity contribution in [2.24, 2.45) is 0 Å². The van der Waals surface area contributed by atoms with Crippen molar-refractivity contribution >= 4 is 11.6 Å². The minimum absolute atomic E-state index is 0.0712. The molecule has 4 rings (SSSR count). The molecule has 0 spiro atoms. The predicted octanol–water partition coefficient (Wildman–Crippen LogP) is 5.61. The van der Waals surface area contributed by atoms with Crippen LogP contribution in [0, 0.1) is 23.0 Å². The van der Waals surface area contributed by atoms with E-state index in [1.54, 1.807) is 6.07 Å². The molecule has 2 heterocycles. The summed E-state index contributed by atoms with van der Waals surface area (Å²) in [6.07, 6.45) is 1.57. The maximum atomic E-state index is 14.8. The Labute approximate surface area is 199 Å². The van der Waals surface area contributed by atoms with Crippen LogP contribution in [0.5, 0.6) is 5.88 Å². The van der Waals surface area contributed by atoms with Crippen LogP contribution < -0.4 is 9.64 Å². The molecular weight excluding hydrogens is 462 g/mol. The average molecular weight is 483 g/mol. The number of nitriles is 1. The Balaban J connectivity index is 1.82. The third-order valence-electron chi connectivity index (χ3n) is 6.08. The fourth-order valence-corrected chi connectivity index (χ4v) is 4.31. The van der Waals surface area contributed by atoms with E-state index in [1.165, 1.54) is 48.5 Å². The van der Waals surface area contributed by atoms with Crippen molar-refractivity contribution in [2.75, 3.05) is 12.0 Å². The lowest BCUT2D eigenvalue weighted by Gasteiger charge is -2.27. The summed E-state index contributed by atoms with van der Waals surface area (Å²) in [6, 6.07) is 11.1. The van der Waals surface area contributed by atoms with E-state index in [4.69, 9.17) is 4.74 Å². The van der Waals surface area contributed by atoms with Gasteiger partial charge in [0.1, 0.15) is 11.6 Å². The quantitative estimate of drug-likeness (QED) is 0.442. The van der Waals surface area contributed by atoms with Gasteiger partial charge in [-0.15, -0.1) is 0 Å². The van der Waals surface area contributed by atoms with Gasteiger partial charge in [-0.05, 0) is 54.8 Å². The number of halogens is 4. The van der Waals surface area contributed by atoms with Crippen molar-refractivity contribution in [1.29, 1.82) is 5.26 Å². The number of aromatic nitrogens is 1. The number of nitrogens with zero attached hydrogens (tertiary/aromatic N) is 3. The number of anilines is 1. The molecule has 3 aromatic rings. The standard InChI is InChI=1S/C26H21F4N3O2/c1-26(29,30)20-11-16(13-32-24(20)35-2)18-7-8-19-22(28)4-3-5-23(19)33(25(18)34)14-17-10-15(12-31)6-9-21(17)27/h3-6,9-11,13,18H,7-8,14H2,1-2H3/t18-/m1/s1. The molecule has 9 heteroatoms. The fraction of sp³-hybridized carbons (Fsp3) is 0.269. The fourth-order valence-electron chi connectivity index (χ4n) is 4.31. The predicted molar refractivity (Wildman–Crippen MR) is 120 cm³/mol. The summed E-state index contributed by atoms with van der Waals surface area (Å²) in [6.45, 7) is 0.432. The molecule has 0 aliphatic carbocycles. The topological polar surface area (TPSA) is 66.2 Å². The zero-order valence-corrected chi connectivity index (χ0v) is 19.0. The first-order chi connectivity index (χ1) is 16.6. The highest BCUT2D eigenvalue weighted by Crippen LogP contribution is 2.39. The van der Waals surface area contributed by atoms with Gasteiger partial charge in [0.05, 0.1) is 42.5 Å². The van der Waals surface area contributed by atoms with Crippen LogP contribution in [0.25, 0.3) is 0 Å². The van der Waals surface area contributed by atoms with E-state index in [9.17, 15) is 27.6 Å². The van der Waals surface area contributed by atoms with Gasteiger partial charge in [0, 0.05) is 24.2 Å². The van der Waals surface area contributed by atoms with Gasteiger partial charge in [-0.25, -0.2) is 22.5 Å². The van der Waals surface area contributed by atoms with E-state index >= 15 is 0 Å². The summed E-state index contributed by atoms with van der Waals surface area (Å²) in [5.74, 6) is -6.16. The highest BCUT2D eigenvalue weighted by atomic mass is 19.3. The van der Waals surface area contributed by atoms with Crippen molar-refractivity contribution < 1.29 is 27.1 Å². The second kappa shape index (κ2) is 9.37. The second-order valence-corrected chi connectivity index (χ2v) is 8.39. The molecule has 1 amide bonds. The smallest absolute Gasteiger partial charge is 0.275 e. The lowest BCUT2D eigenvalue weighted by molar-refractivity contribution is -0.120. The van der Waals surface area contributed by atoms with Gasteiger partial charge >= 0.3 is 0 Å². The second-order valence-electron chi connectivity index (χ2n) is 8.39. The zero-order valence-electron chi connectivity index (χ0n) is 19.0. The Morgan fingerprint density at radius 2 is 1.97 bits per heavy atom. The highest BCUT2D eigenvalue weighted by Gasteiger charge is 2.36. The summed E-state index contributed by atoms with van der Waals surface area (Å²) in [4.78, 5) is 19.0. The van der Waals surface area contributed by atoms with E-state index in [0.717, 1.165) is 6.07 Å². The first-order valence-electron chi connectivity index (χ1n) is 10.8. The van der Waals surface area contributed by atoms with Crippen LogP contribution in [0.15, 0.2) is 48.7 Å². The van der Waals surface area contributed by atoms with E-state index in [-0.39, 0.29) is 53.2 Å². The van der Waals surface area contributed by atoms with Crippen LogP contribution >= 0.6 is 0 Å². The molecular formula is C26H21F4N3O2. The van der Waals surface area contributed by atoms with Crippen LogP contribution in [0.3, 0.4) is 0 Å². The maximum Gasteiger partial charge on any atom is 0.275 e. The molecule has 2 aromatic carbocycles. The largest absolute Gasteiger partial charge is 0.481 e. The third-order valence-corrected chi connectivity index (χ3v) is 6.08. The van der Waals surface area contributed by atoms with Gasteiger partial charge in [0.25, 0.3) is 5.92 Å². The van der Waals surface area contributed by atoms with E-state index < -0.39 is 34.9 Å². The molecule has 5 nitrogen and oxygen atoms in total. The number of alkyl halides is 2. The highest BCUT2D eigenvalue weighted by molar-refractivity contribution is 5.99. The van der Waals surface area contributed by atoms with E-state index in [2.05, 4.69) is 4.98 Å². The number of fused-ring (bicyclic) bond motifs is 1. The minimum atomic E-state index is -3.28. The number of carbonyl (C=O) groups is 1. The summed E-state index contributed by atoms with van der Waals surface area (Å²) >= 11 is 0. The van der Waals surface area contributed by atoms with Crippen molar-refractivity contribution in [3.8, 4) is 11.9 Å². The summed E-state index contributed by atoms with van der Waals surface area (Å²) in [7, 11) is 1.22. The number of benzene rings is 2. The SMILES string of the molecule is COc1ncc([C@H]2CCc3c(F)cccc3N(Cc3cc(C#N)ccc3F)C2=O)cc1C(C)(F)F. The Kier molecular flexibility index (Phi) is 6.48. The number of hydrogen-bond acceptors (Lipinski definition) is 4. The van der Waals surface area contributed by atoms with Crippen LogP contribution in [-0.4, -0.2) is 18.0 Å². The maximum absolute atomic E-state index is 14.8. The van der Waals surface area contributed by atoms with Gasteiger partial charge < -0.3 is 9.64 Å². The van der Waals surface area contributed by atoms with Crippen molar-refractivity contribution in [1.82, 2.24) is 4.98 Å². The van der Waals surface area contributed by atoms with Crippen LogP contribution in [0.4, 0.5) is 23.2 Å². The molecule has 35 heavy (non-hydrogen) atoms. The van der Waals surface area contributed by atoms with Gasteiger partial charge in [-0.2, -0.15) is 5.26 Å². The lowest BCUT2D eigenvalue weighted by atomic mass is 9.92. The number of rotatable bonds is 5. The average Bonchev–Trinajstić information content (AvgIpc) is 2.97. The molecule has 1 aliphatic rings. The number of carbonyl (C=O) groups excluding carboxylic acids is 1. The first-order valence-corrected chi connectivity index (χ1v) is 10.8.